The molecule has 37 heavy (non-hydrogen) atoms. The number of hydrogen-bond acceptors (Lipinski definition) is 4. The second-order valence-electron chi connectivity index (χ2n) is 8.37. The van der Waals surface area contributed by atoms with Crippen molar-refractivity contribution < 1.29 is 14.0 Å². The number of rotatable bonds is 5. The van der Waals surface area contributed by atoms with Crippen molar-refractivity contribution in [2.24, 2.45) is 0 Å². The van der Waals surface area contributed by atoms with Crippen LogP contribution in [0.3, 0.4) is 0 Å². The molecule has 10 heteroatoms. The first-order chi connectivity index (χ1) is 17.7. The molecule has 0 saturated carbocycles. The molecule has 1 N–H and O–H groups in total. The van der Waals surface area contributed by atoms with Gasteiger partial charge in [0.25, 0.3) is 11.8 Å². The summed E-state index contributed by atoms with van der Waals surface area (Å²) >= 11 is 18.9. The van der Waals surface area contributed by atoms with Gasteiger partial charge >= 0.3 is 0 Å². The molecule has 2 amide bonds. The number of carbonyl (C=O) groups is 2. The lowest BCUT2D eigenvalue weighted by Crippen LogP contribution is -2.44. The van der Waals surface area contributed by atoms with Crippen LogP contribution in [0.2, 0.25) is 10.0 Å². The van der Waals surface area contributed by atoms with E-state index in [9.17, 15) is 14.0 Å². The van der Waals surface area contributed by atoms with Gasteiger partial charge in [-0.05, 0) is 61.1 Å². The molecule has 1 aliphatic heterocycles. The van der Waals surface area contributed by atoms with Crippen LogP contribution in [-0.4, -0.2) is 25.7 Å². The molecule has 1 fully saturated rings. The van der Waals surface area contributed by atoms with Gasteiger partial charge < -0.3 is 4.57 Å². The second kappa shape index (κ2) is 10.3. The van der Waals surface area contributed by atoms with E-state index >= 15 is 0 Å². The Kier molecular flexibility index (Phi) is 7.09. The molecule has 0 atom stereocenters. The van der Waals surface area contributed by atoms with Crippen molar-refractivity contribution in [2.75, 3.05) is 0 Å². The maximum Gasteiger partial charge on any atom is 0.285 e. The highest BCUT2D eigenvalue weighted by Gasteiger charge is 2.34. The number of thiocarbonyl (C=S) groups is 1. The fraction of sp³-hybridized carbons (Fsp3) is 0.0741. The van der Waals surface area contributed by atoms with Crippen LogP contribution < -0.4 is 5.43 Å². The van der Waals surface area contributed by atoms with Crippen LogP contribution in [0.25, 0.3) is 17.0 Å². The van der Waals surface area contributed by atoms with Crippen molar-refractivity contribution in [1.82, 2.24) is 15.0 Å². The number of nitrogens with zero attached hydrogens (tertiary/aromatic N) is 2. The van der Waals surface area contributed by atoms with Gasteiger partial charge in [0.05, 0.1) is 22.0 Å². The fourth-order valence-electron chi connectivity index (χ4n) is 4.05. The Bertz CT molecular complexity index is 1610. The minimum absolute atomic E-state index is 0.190. The Labute approximate surface area is 231 Å². The van der Waals surface area contributed by atoms with Crippen LogP contribution in [0.4, 0.5) is 4.39 Å². The standard InChI is InChI=1S/C27H18Cl2FN3O2S2/c1-15-9-10-18(21(29)11-15)25(34)31-33-26(35)24(37-27(33)36)12-16-13-32(23-8-3-2-5-17(16)23)14-19-20(28)6-4-7-22(19)30/h2-13H,14H2,1H3,(H,31,34)/b24-12+. The van der Waals surface area contributed by atoms with E-state index in [2.05, 4.69) is 5.43 Å². The summed E-state index contributed by atoms with van der Waals surface area (Å²) in [7, 11) is 0. The number of amides is 2. The molecule has 0 radical (unpaired) electrons. The van der Waals surface area contributed by atoms with Crippen molar-refractivity contribution in [3.05, 3.63) is 110 Å². The van der Waals surface area contributed by atoms with E-state index in [0.717, 1.165) is 38.8 Å². The van der Waals surface area contributed by atoms with Crippen molar-refractivity contribution >= 4 is 80.3 Å². The third-order valence-corrected chi connectivity index (χ3v) is 7.84. The van der Waals surface area contributed by atoms with E-state index in [0.29, 0.717) is 15.5 Å². The summed E-state index contributed by atoms with van der Waals surface area (Å²) in [6.07, 6.45) is 3.55. The van der Waals surface area contributed by atoms with Gasteiger partial charge in [-0.2, -0.15) is 5.01 Å². The molecular formula is C27H18Cl2FN3O2S2. The van der Waals surface area contributed by atoms with Gasteiger partial charge in [-0.25, -0.2) is 4.39 Å². The number of aryl methyl sites for hydroxylation is 1. The second-order valence-corrected chi connectivity index (χ2v) is 10.9. The molecule has 0 spiro atoms. The molecule has 1 saturated heterocycles. The van der Waals surface area contributed by atoms with Crippen LogP contribution in [0.15, 0.2) is 71.8 Å². The number of carbonyl (C=O) groups excluding carboxylic acids is 2. The minimum Gasteiger partial charge on any atom is -0.342 e. The highest BCUT2D eigenvalue weighted by Crippen LogP contribution is 2.34. The van der Waals surface area contributed by atoms with E-state index < -0.39 is 17.6 Å². The first kappa shape index (κ1) is 25.5. The summed E-state index contributed by atoms with van der Waals surface area (Å²) < 4.78 is 16.5. The first-order valence-corrected chi connectivity index (χ1v) is 13.1. The normalized spacial score (nSPS) is 14.7. The van der Waals surface area contributed by atoms with Crippen LogP contribution in [0, 0.1) is 12.7 Å². The Morgan fingerprint density at radius 3 is 2.65 bits per heavy atom. The van der Waals surface area contributed by atoms with E-state index in [-0.39, 0.29) is 21.5 Å². The van der Waals surface area contributed by atoms with Crippen LogP contribution in [-0.2, 0) is 11.3 Å². The summed E-state index contributed by atoms with van der Waals surface area (Å²) in [5.41, 5.74) is 5.67. The predicted octanol–water partition coefficient (Wildman–Crippen LogP) is 6.99. The summed E-state index contributed by atoms with van der Waals surface area (Å²) in [6, 6.07) is 17.2. The third-order valence-electron chi connectivity index (χ3n) is 5.87. The van der Waals surface area contributed by atoms with Crippen LogP contribution >= 0.6 is 47.2 Å². The number of benzene rings is 3. The van der Waals surface area contributed by atoms with Gasteiger partial charge in [-0.1, -0.05) is 65.3 Å². The van der Waals surface area contributed by atoms with Crippen molar-refractivity contribution in [1.29, 1.82) is 0 Å². The Morgan fingerprint density at radius 1 is 1.11 bits per heavy atom. The number of aromatic nitrogens is 1. The number of thioether (sulfide) groups is 1. The van der Waals surface area contributed by atoms with Gasteiger partial charge in [0.1, 0.15) is 5.82 Å². The predicted molar refractivity (Wildman–Crippen MR) is 151 cm³/mol. The molecule has 186 valence electrons. The largest absolute Gasteiger partial charge is 0.342 e. The topological polar surface area (TPSA) is 54.3 Å². The summed E-state index contributed by atoms with van der Waals surface area (Å²) in [5, 5.41) is 2.53. The van der Waals surface area contributed by atoms with E-state index in [1.165, 1.54) is 6.07 Å². The summed E-state index contributed by atoms with van der Waals surface area (Å²) in [6.45, 7) is 2.08. The molecule has 5 nitrogen and oxygen atoms in total. The lowest BCUT2D eigenvalue weighted by atomic mass is 10.1. The van der Waals surface area contributed by atoms with Crippen molar-refractivity contribution in [3.63, 3.8) is 0 Å². The maximum absolute atomic E-state index is 14.5. The molecule has 2 heterocycles. The molecule has 0 aliphatic carbocycles. The number of nitrogens with one attached hydrogen (secondary N) is 1. The molecule has 0 unspecified atom stereocenters. The van der Waals surface area contributed by atoms with Crippen molar-refractivity contribution in [3.8, 4) is 0 Å². The number of halogens is 3. The zero-order valence-electron chi connectivity index (χ0n) is 19.3. The molecule has 3 aromatic carbocycles. The van der Waals surface area contributed by atoms with Gasteiger partial charge in [0.15, 0.2) is 4.32 Å². The minimum atomic E-state index is -0.541. The highest BCUT2D eigenvalue weighted by molar-refractivity contribution is 8.26. The van der Waals surface area contributed by atoms with Crippen LogP contribution in [0.1, 0.15) is 27.0 Å². The first-order valence-electron chi connectivity index (χ1n) is 11.1. The van der Waals surface area contributed by atoms with E-state index in [1.807, 2.05) is 42.0 Å². The molecule has 1 aromatic heterocycles. The Hall–Kier alpha value is -3.17. The zero-order valence-corrected chi connectivity index (χ0v) is 22.4. The molecule has 4 aromatic rings. The lowest BCUT2D eigenvalue weighted by molar-refractivity contribution is -0.123. The Balaban J connectivity index is 1.44. The molecule has 1 aliphatic rings. The number of hydrazine groups is 1. The third kappa shape index (κ3) is 5.02. The van der Waals surface area contributed by atoms with Gasteiger partial charge in [0.2, 0.25) is 0 Å². The summed E-state index contributed by atoms with van der Waals surface area (Å²) in [4.78, 5) is 26.3. The lowest BCUT2D eigenvalue weighted by Gasteiger charge is -2.16. The zero-order chi connectivity index (χ0) is 26.3. The quantitative estimate of drug-likeness (QED) is 0.208. The van der Waals surface area contributed by atoms with Gasteiger partial charge in [-0.3, -0.25) is 15.0 Å². The highest BCUT2D eigenvalue weighted by atomic mass is 35.5. The van der Waals surface area contributed by atoms with E-state index in [1.54, 1.807) is 36.4 Å². The number of fused-ring (bicyclic) bond motifs is 1. The SMILES string of the molecule is Cc1ccc(C(=O)NN2C(=O)/C(=C\c3cn(Cc4c(F)cccc4Cl)c4ccccc34)SC2=S)c(Cl)c1. The Morgan fingerprint density at radius 2 is 1.89 bits per heavy atom. The fourth-order valence-corrected chi connectivity index (χ4v) is 5.76. The average Bonchev–Trinajstić information content (AvgIpc) is 3.33. The van der Waals surface area contributed by atoms with Crippen molar-refractivity contribution in [2.45, 2.75) is 13.5 Å². The van der Waals surface area contributed by atoms with E-state index in [4.69, 9.17) is 35.4 Å². The smallest absolute Gasteiger partial charge is 0.285 e. The molecule has 0 bridgehead atoms. The maximum atomic E-state index is 14.5. The summed E-state index contributed by atoms with van der Waals surface area (Å²) in [5.74, 6) is -1.39. The van der Waals surface area contributed by atoms with Gasteiger partial charge in [0, 0.05) is 33.2 Å². The monoisotopic (exact) mass is 569 g/mol. The molecule has 5 rings (SSSR count). The number of hydrogen-bond donors (Lipinski definition) is 1. The van der Waals surface area contributed by atoms with Crippen LogP contribution in [0.5, 0.6) is 0 Å². The average molecular weight is 570 g/mol. The van der Waals surface area contributed by atoms with Gasteiger partial charge in [-0.15, -0.1) is 0 Å². The number of para-hydroxylation sites is 1. The molecular weight excluding hydrogens is 552 g/mol.